The summed E-state index contributed by atoms with van der Waals surface area (Å²) in [5.41, 5.74) is 1.61. The van der Waals surface area contributed by atoms with Gasteiger partial charge in [0.2, 0.25) is 0 Å². The molecule has 1 N–H and O–H groups in total. The van der Waals surface area contributed by atoms with Gasteiger partial charge in [0.25, 0.3) is 0 Å². The average Bonchev–Trinajstić information content (AvgIpc) is 2.73. The molecule has 0 amide bonds. The molecule has 0 fully saturated rings. The summed E-state index contributed by atoms with van der Waals surface area (Å²) in [6, 6.07) is 11.6. The lowest BCUT2D eigenvalue weighted by atomic mass is 10.2. The molecule has 0 saturated heterocycles. The zero-order valence-corrected chi connectivity index (χ0v) is 11.9. The molecular weight excluding hydrogens is 320 g/mol. The maximum absolute atomic E-state index is 8.81. The van der Waals surface area contributed by atoms with Crippen molar-refractivity contribution in [1.82, 2.24) is 0 Å². The van der Waals surface area contributed by atoms with E-state index in [0.29, 0.717) is 5.56 Å². The average molecular weight is 328 g/mol. The molecule has 17 heavy (non-hydrogen) atoms. The Morgan fingerprint density at radius 3 is 2.76 bits per heavy atom. The van der Waals surface area contributed by atoms with Crippen LogP contribution in [0.15, 0.2) is 34.8 Å². The molecule has 1 heterocycles. The van der Waals surface area contributed by atoms with Crippen LogP contribution in [0.5, 0.6) is 0 Å². The first-order valence-electron chi connectivity index (χ1n) is 4.87. The molecule has 5 heteroatoms. The highest BCUT2D eigenvalue weighted by Crippen LogP contribution is 2.24. The van der Waals surface area contributed by atoms with Crippen molar-refractivity contribution in [3.8, 4) is 6.07 Å². The zero-order valence-electron chi connectivity index (χ0n) is 8.71. The van der Waals surface area contributed by atoms with Crippen molar-refractivity contribution in [3.05, 3.63) is 49.6 Å². The highest BCUT2D eigenvalue weighted by molar-refractivity contribution is 9.10. The smallest absolute Gasteiger partial charge is 0.100 e. The number of hydrogen-bond donors (Lipinski definition) is 1. The van der Waals surface area contributed by atoms with Gasteiger partial charge < -0.3 is 5.32 Å². The number of nitriles is 1. The molecule has 0 aliphatic carbocycles. The quantitative estimate of drug-likeness (QED) is 0.891. The standard InChI is InChI=1S/C12H8BrClN2S/c13-11-5-9(2-1-8(11)6-15)16-7-10-3-4-12(14)17-10/h1-5,16H,7H2. The van der Waals surface area contributed by atoms with Gasteiger partial charge in [-0.25, -0.2) is 0 Å². The Morgan fingerprint density at radius 1 is 1.35 bits per heavy atom. The van der Waals surface area contributed by atoms with E-state index in [9.17, 15) is 0 Å². The van der Waals surface area contributed by atoms with Crippen LogP contribution in [0, 0.1) is 11.3 Å². The van der Waals surface area contributed by atoms with Gasteiger partial charge in [0.15, 0.2) is 0 Å². The number of benzene rings is 1. The van der Waals surface area contributed by atoms with Gasteiger partial charge in [0.1, 0.15) is 6.07 Å². The van der Waals surface area contributed by atoms with Crippen LogP contribution >= 0.6 is 38.9 Å². The van der Waals surface area contributed by atoms with Crippen molar-refractivity contribution < 1.29 is 0 Å². The minimum atomic E-state index is 0.634. The molecule has 0 unspecified atom stereocenters. The van der Waals surface area contributed by atoms with Crippen molar-refractivity contribution in [2.45, 2.75) is 6.54 Å². The second kappa shape index (κ2) is 5.54. The second-order valence-corrected chi connectivity index (χ2v) is 6.02. The maximum Gasteiger partial charge on any atom is 0.100 e. The third-order valence-electron chi connectivity index (χ3n) is 2.19. The van der Waals surface area contributed by atoms with Crippen LogP contribution in [0.4, 0.5) is 5.69 Å². The predicted molar refractivity (Wildman–Crippen MR) is 75.5 cm³/mol. The van der Waals surface area contributed by atoms with Crippen molar-refractivity contribution >= 4 is 44.6 Å². The lowest BCUT2D eigenvalue weighted by molar-refractivity contribution is 1.19. The van der Waals surface area contributed by atoms with E-state index in [1.165, 1.54) is 4.88 Å². The fourth-order valence-corrected chi connectivity index (χ4v) is 2.85. The van der Waals surface area contributed by atoms with Crippen molar-refractivity contribution in [2.24, 2.45) is 0 Å². The SMILES string of the molecule is N#Cc1ccc(NCc2ccc(Cl)s2)cc1Br. The fourth-order valence-electron chi connectivity index (χ4n) is 1.35. The van der Waals surface area contributed by atoms with Crippen LogP contribution in [-0.2, 0) is 6.54 Å². The van der Waals surface area contributed by atoms with E-state index in [4.69, 9.17) is 16.9 Å². The molecule has 0 aliphatic rings. The van der Waals surface area contributed by atoms with E-state index in [1.54, 1.807) is 17.4 Å². The zero-order chi connectivity index (χ0) is 12.3. The molecular formula is C12H8BrClN2S. The van der Waals surface area contributed by atoms with Gasteiger partial charge in [-0.2, -0.15) is 5.26 Å². The number of nitrogens with zero attached hydrogens (tertiary/aromatic N) is 1. The Hall–Kier alpha value is -1.02. The monoisotopic (exact) mass is 326 g/mol. The first kappa shape index (κ1) is 12.4. The largest absolute Gasteiger partial charge is 0.380 e. The van der Waals surface area contributed by atoms with Crippen molar-refractivity contribution in [3.63, 3.8) is 0 Å². The van der Waals surface area contributed by atoms with Crippen LogP contribution < -0.4 is 5.32 Å². The first-order chi connectivity index (χ1) is 8.19. The van der Waals surface area contributed by atoms with Gasteiger partial charge in [-0.05, 0) is 46.3 Å². The minimum absolute atomic E-state index is 0.634. The number of rotatable bonds is 3. The number of halogens is 2. The van der Waals surface area contributed by atoms with E-state index in [2.05, 4.69) is 27.3 Å². The van der Waals surface area contributed by atoms with E-state index in [0.717, 1.165) is 21.0 Å². The molecule has 0 atom stereocenters. The molecule has 1 aromatic carbocycles. The molecule has 1 aromatic heterocycles. The number of nitrogens with one attached hydrogen (secondary N) is 1. The van der Waals surface area contributed by atoms with Crippen LogP contribution in [0.3, 0.4) is 0 Å². The molecule has 0 saturated carbocycles. The van der Waals surface area contributed by atoms with E-state index in [-0.39, 0.29) is 0 Å². The maximum atomic E-state index is 8.81. The number of thiophene rings is 1. The van der Waals surface area contributed by atoms with Crippen LogP contribution in [0.2, 0.25) is 4.34 Å². The molecule has 2 aromatic rings. The molecule has 2 rings (SSSR count). The normalized spacial score (nSPS) is 9.94. The van der Waals surface area contributed by atoms with Gasteiger partial charge >= 0.3 is 0 Å². The number of hydrogen-bond acceptors (Lipinski definition) is 3. The topological polar surface area (TPSA) is 35.8 Å². The van der Waals surface area contributed by atoms with Gasteiger partial charge in [-0.3, -0.25) is 0 Å². The highest BCUT2D eigenvalue weighted by atomic mass is 79.9. The first-order valence-corrected chi connectivity index (χ1v) is 6.85. The summed E-state index contributed by atoms with van der Waals surface area (Å²) in [6.45, 7) is 0.732. The Kier molecular flexibility index (Phi) is 4.06. The second-order valence-electron chi connectivity index (χ2n) is 3.37. The summed E-state index contributed by atoms with van der Waals surface area (Å²) in [7, 11) is 0. The van der Waals surface area contributed by atoms with Gasteiger partial charge in [0.05, 0.1) is 9.90 Å². The summed E-state index contributed by atoms with van der Waals surface area (Å²) in [5, 5.41) is 12.1. The Bertz CT molecular complexity index is 574. The predicted octanol–water partition coefficient (Wildman–Crippen LogP) is 4.65. The third-order valence-corrected chi connectivity index (χ3v) is 4.07. The summed E-state index contributed by atoms with van der Waals surface area (Å²) in [4.78, 5) is 1.18. The van der Waals surface area contributed by atoms with E-state index >= 15 is 0 Å². The fraction of sp³-hybridized carbons (Fsp3) is 0.0833. The molecule has 0 aliphatic heterocycles. The van der Waals surface area contributed by atoms with Crippen molar-refractivity contribution in [1.29, 1.82) is 5.26 Å². The summed E-state index contributed by atoms with van der Waals surface area (Å²) < 4.78 is 1.59. The molecule has 0 bridgehead atoms. The van der Waals surface area contributed by atoms with Crippen LogP contribution in [0.25, 0.3) is 0 Å². The van der Waals surface area contributed by atoms with Gasteiger partial charge in [-0.15, -0.1) is 11.3 Å². The van der Waals surface area contributed by atoms with Gasteiger partial charge in [-0.1, -0.05) is 11.6 Å². The molecule has 0 radical (unpaired) electrons. The highest BCUT2D eigenvalue weighted by Gasteiger charge is 2.01. The minimum Gasteiger partial charge on any atom is -0.380 e. The number of anilines is 1. The van der Waals surface area contributed by atoms with E-state index < -0.39 is 0 Å². The summed E-state index contributed by atoms with van der Waals surface area (Å²) in [5.74, 6) is 0. The third kappa shape index (κ3) is 3.22. The van der Waals surface area contributed by atoms with Crippen LogP contribution in [0.1, 0.15) is 10.4 Å². The van der Waals surface area contributed by atoms with Crippen LogP contribution in [-0.4, -0.2) is 0 Å². The summed E-state index contributed by atoms with van der Waals surface area (Å²) in [6.07, 6.45) is 0. The Balaban J connectivity index is 2.05. The summed E-state index contributed by atoms with van der Waals surface area (Å²) >= 11 is 10.8. The van der Waals surface area contributed by atoms with Crippen molar-refractivity contribution in [2.75, 3.05) is 5.32 Å². The van der Waals surface area contributed by atoms with Gasteiger partial charge in [0, 0.05) is 21.6 Å². The van der Waals surface area contributed by atoms with E-state index in [1.807, 2.05) is 24.3 Å². The Morgan fingerprint density at radius 2 is 2.18 bits per heavy atom. The molecule has 2 nitrogen and oxygen atoms in total. The lowest BCUT2D eigenvalue weighted by Gasteiger charge is -2.05. The Labute approximate surface area is 117 Å². The lowest BCUT2D eigenvalue weighted by Crippen LogP contribution is -1.97. The molecule has 0 spiro atoms. The molecule has 86 valence electrons.